The number of methoxy groups -OCH3 is 1. The number of allylic oxidation sites excluding steroid dienone is 2. The first kappa shape index (κ1) is 35.7. The van der Waals surface area contributed by atoms with Crippen molar-refractivity contribution in [3.8, 4) is 11.5 Å². The van der Waals surface area contributed by atoms with Crippen molar-refractivity contribution in [2.75, 3.05) is 16.9 Å². The average Bonchev–Trinajstić information content (AvgIpc) is 3.45. The van der Waals surface area contributed by atoms with E-state index in [1.807, 2.05) is 0 Å². The second-order valence-electron chi connectivity index (χ2n) is 12.6. The number of anilines is 2. The molecule has 2 aliphatic heterocycles. The Morgan fingerprint density at radius 3 is 2.13 bits per heavy atom. The van der Waals surface area contributed by atoms with Crippen molar-refractivity contribution in [3.05, 3.63) is 93.3 Å². The third kappa shape index (κ3) is 4.51. The minimum absolute atomic E-state index is 0.0786. The van der Waals surface area contributed by atoms with Crippen molar-refractivity contribution in [2.24, 2.45) is 17.8 Å². The van der Waals surface area contributed by atoms with E-state index in [1.54, 1.807) is 0 Å². The fourth-order valence-corrected chi connectivity index (χ4v) is 9.04. The summed E-state index contributed by atoms with van der Waals surface area (Å²) < 4.78 is 78.6. The minimum Gasteiger partial charge on any atom is -0.503 e. The van der Waals surface area contributed by atoms with Crippen molar-refractivity contribution in [1.82, 2.24) is 0 Å². The van der Waals surface area contributed by atoms with E-state index >= 15 is 8.78 Å². The first-order chi connectivity index (χ1) is 24.4. The van der Waals surface area contributed by atoms with Gasteiger partial charge in [0.15, 0.2) is 44.5 Å². The van der Waals surface area contributed by atoms with E-state index in [4.69, 9.17) is 39.5 Å². The van der Waals surface area contributed by atoms with Gasteiger partial charge in [0.05, 0.1) is 35.2 Å². The Bertz CT molecular complexity index is 2210. The summed E-state index contributed by atoms with van der Waals surface area (Å²) in [5.74, 6) is -25.1. The van der Waals surface area contributed by atoms with Crippen LogP contribution in [0.3, 0.4) is 0 Å². The lowest BCUT2D eigenvalue weighted by atomic mass is 9.56. The fourth-order valence-electron chi connectivity index (χ4n) is 7.89. The molecule has 0 bridgehead atoms. The van der Waals surface area contributed by atoms with E-state index in [2.05, 4.69) is 0 Å². The van der Waals surface area contributed by atoms with Crippen molar-refractivity contribution < 1.29 is 60.9 Å². The van der Waals surface area contributed by atoms with Crippen LogP contribution >= 0.6 is 34.8 Å². The lowest BCUT2D eigenvalue weighted by molar-refractivity contribution is -0.125. The number of carbonyl (C=O) groups excluding carboxylic acids is 4. The number of carbonyl (C=O) groups is 5. The van der Waals surface area contributed by atoms with Crippen LogP contribution in [0, 0.1) is 46.8 Å². The molecule has 2 aliphatic carbocycles. The molecule has 0 radical (unpaired) electrons. The molecule has 52 heavy (non-hydrogen) atoms. The quantitative estimate of drug-likeness (QED) is 0.0777. The molecular formula is C34H20Cl3F5N2O8. The molecule has 6 unspecified atom stereocenters. The van der Waals surface area contributed by atoms with Gasteiger partial charge in [-0.15, -0.1) is 23.2 Å². The number of nitrogens with zero attached hydrogens (tertiary/aromatic N) is 2. The second-order valence-corrected chi connectivity index (χ2v) is 14.3. The number of amides is 4. The molecule has 6 atom stereocenters. The standard InChI is InChI=1S/C34H20Cl3F5N2O8/c1-52-18-9-12(8-17(35)27(18)45)20-14-5-6-15-19(29(47)43(28(15)46)13-4-2-3-11(7-13)30(48)49)16(14)10-33(36)31(50)44(32(51)34(20,33)37)26-24(41)22(39)21(38)23(40)25(26)42/h2-5,7-9,15-16,19-20,45H,6,10H2,1H3,(H,48,49). The topological polar surface area (TPSA) is 142 Å². The Labute approximate surface area is 303 Å². The van der Waals surface area contributed by atoms with Gasteiger partial charge in [-0.2, -0.15) is 0 Å². The highest BCUT2D eigenvalue weighted by atomic mass is 35.5. The number of hydrogen-bond donors (Lipinski definition) is 2. The number of hydrogen-bond acceptors (Lipinski definition) is 7. The van der Waals surface area contributed by atoms with E-state index in [0.29, 0.717) is 0 Å². The van der Waals surface area contributed by atoms with Crippen molar-refractivity contribution in [2.45, 2.75) is 28.5 Å². The number of carboxylic acid groups (broad SMARTS) is 1. The maximum absolute atomic E-state index is 15.2. The Kier molecular flexibility index (Phi) is 8.16. The number of fused-ring (bicyclic) bond motifs is 4. The van der Waals surface area contributed by atoms with Gasteiger partial charge in [0.25, 0.3) is 11.8 Å². The van der Waals surface area contributed by atoms with Crippen LogP contribution in [0.15, 0.2) is 48.0 Å². The number of ether oxygens (including phenoxy) is 1. The zero-order valence-electron chi connectivity index (χ0n) is 26.0. The maximum atomic E-state index is 15.2. The number of phenols is 1. The Hall–Kier alpha value is -4.73. The average molecular weight is 786 g/mol. The molecular weight excluding hydrogens is 766 g/mol. The molecule has 3 fully saturated rings. The number of carboxylic acids is 1. The van der Waals surface area contributed by atoms with Crippen LogP contribution in [0.1, 0.15) is 34.7 Å². The summed E-state index contributed by atoms with van der Waals surface area (Å²) in [5, 5.41) is 19.6. The van der Waals surface area contributed by atoms with Gasteiger partial charge >= 0.3 is 5.97 Å². The minimum atomic E-state index is -2.83. The zero-order valence-corrected chi connectivity index (χ0v) is 28.3. The van der Waals surface area contributed by atoms with Gasteiger partial charge in [-0.1, -0.05) is 29.3 Å². The van der Waals surface area contributed by atoms with Crippen molar-refractivity contribution in [1.29, 1.82) is 0 Å². The van der Waals surface area contributed by atoms with E-state index < -0.39 is 110 Å². The summed E-state index contributed by atoms with van der Waals surface area (Å²) in [6.45, 7) is 0. The summed E-state index contributed by atoms with van der Waals surface area (Å²) in [6, 6.07) is 7.26. The van der Waals surface area contributed by atoms with Gasteiger partial charge in [0, 0.05) is 5.92 Å². The largest absolute Gasteiger partial charge is 0.503 e. The number of alkyl halides is 2. The smallest absolute Gasteiger partial charge is 0.335 e. The van der Waals surface area contributed by atoms with E-state index in [9.17, 15) is 47.4 Å². The zero-order chi connectivity index (χ0) is 37.9. The second kappa shape index (κ2) is 11.9. The molecule has 2 N–H and O–H groups in total. The van der Waals surface area contributed by atoms with E-state index in [0.717, 1.165) is 30.2 Å². The number of halogens is 8. The lowest BCUT2D eigenvalue weighted by Crippen LogP contribution is -2.60. The third-order valence-corrected chi connectivity index (χ3v) is 11.9. The van der Waals surface area contributed by atoms with Crippen LogP contribution in [-0.2, 0) is 19.2 Å². The van der Waals surface area contributed by atoms with Crippen LogP contribution in [0.4, 0.5) is 33.3 Å². The lowest BCUT2D eigenvalue weighted by Gasteiger charge is -2.50. The Balaban J connectivity index is 1.44. The fraction of sp³-hybridized carbons (Fsp3) is 0.265. The highest BCUT2D eigenvalue weighted by molar-refractivity contribution is 6.58. The van der Waals surface area contributed by atoms with Gasteiger partial charge in [-0.05, 0) is 54.7 Å². The van der Waals surface area contributed by atoms with Crippen LogP contribution in [0.5, 0.6) is 11.5 Å². The van der Waals surface area contributed by atoms with Crippen LogP contribution in [0.2, 0.25) is 5.02 Å². The summed E-state index contributed by atoms with van der Waals surface area (Å²) in [6.07, 6.45) is 0.538. The molecule has 3 aromatic carbocycles. The number of phenolic OH excluding ortho intramolecular Hbond substituents is 1. The molecule has 7 rings (SSSR count). The van der Waals surface area contributed by atoms with Crippen LogP contribution in [0.25, 0.3) is 0 Å². The van der Waals surface area contributed by atoms with Gasteiger partial charge in [-0.3, -0.25) is 24.1 Å². The molecule has 4 amide bonds. The Morgan fingerprint density at radius 2 is 1.52 bits per heavy atom. The molecule has 0 spiro atoms. The Morgan fingerprint density at radius 1 is 0.885 bits per heavy atom. The van der Waals surface area contributed by atoms with E-state index in [-0.39, 0.29) is 44.5 Å². The van der Waals surface area contributed by atoms with Crippen LogP contribution < -0.4 is 14.5 Å². The third-order valence-electron chi connectivity index (χ3n) is 10.2. The first-order valence-corrected chi connectivity index (χ1v) is 16.3. The first-order valence-electron chi connectivity index (χ1n) is 15.2. The van der Waals surface area contributed by atoms with Gasteiger partial charge in [-0.25, -0.2) is 31.6 Å². The van der Waals surface area contributed by atoms with Crippen molar-refractivity contribution in [3.63, 3.8) is 0 Å². The van der Waals surface area contributed by atoms with Crippen molar-refractivity contribution >= 4 is 75.8 Å². The monoisotopic (exact) mass is 784 g/mol. The number of imide groups is 2. The highest BCUT2D eigenvalue weighted by Crippen LogP contribution is 2.66. The maximum Gasteiger partial charge on any atom is 0.335 e. The van der Waals surface area contributed by atoms with Gasteiger partial charge in [0.1, 0.15) is 5.69 Å². The molecule has 2 heterocycles. The normalized spacial score (nSPS) is 28.1. The van der Waals surface area contributed by atoms with Gasteiger partial charge in [0.2, 0.25) is 17.6 Å². The van der Waals surface area contributed by atoms with Gasteiger partial charge < -0.3 is 14.9 Å². The number of benzene rings is 3. The molecule has 1 saturated carbocycles. The predicted molar refractivity (Wildman–Crippen MR) is 172 cm³/mol. The summed E-state index contributed by atoms with van der Waals surface area (Å²) in [7, 11) is 1.15. The summed E-state index contributed by atoms with van der Waals surface area (Å²) in [5.41, 5.74) is -2.22. The number of rotatable bonds is 5. The van der Waals surface area contributed by atoms with E-state index in [1.165, 1.54) is 24.3 Å². The summed E-state index contributed by atoms with van der Waals surface area (Å²) in [4.78, 5) is 63.3. The molecule has 4 aliphatic rings. The predicted octanol–water partition coefficient (Wildman–Crippen LogP) is 6.22. The number of aromatic hydroxyl groups is 1. The molecule has 2 saturated heterocycles. The molecule has 270 valence electrons. The number of aromatic carboxylic acids is 1. The molecule has 10 nitrogen and oxygen atoms in total. The highest BCUT2D eigenvalue weighted by Gasteiger charge is 2.77. The molecule has 0 aromatic heterocycles. The van der Waals surface area contributed by atoms with Crippen LogP contribution in [-0.4, -0.2) is 56.7 Å². The molecule has 18 heteroatoms. The molecule has 3 aromatic rings. The summed E-state index contributed by atoms with van der Waals surface area (Å²) >= 11 is 20.5. The SMILES string of the molecule is COc1cc(C2C3=CCC4C(=O)N(c5cccc(C(=O)O)c5)C(=O)C4C3CC3(Cl)C(=O)N(c4c(F)c(F)c(F)c(F)c4F)C(=O)C23Cl)cc(Cl)c1O.